The SMILES string of the molecule is Nc1ccc2[nH]c(=O)n(S(=O)(=O)Cc3ccc(F)cc3)c2c1. The lowest BCUT2D eigenvalue weighted by Gasteiger charge is -2.06. The molecule has 1 aromatic heterocycles. The Hall–Kier alpha value is -2.61. The summed E-state index contributed by atoms with van der Waals surface area (Å²) in [6.07, 6.45) is 0. The molecule has 114 valence electrons. The van der Waals surface area contributed by atoms with Crippen molar-refractivity contribution in [1.29, 1.82) is 0 Å². The van der Waals surface area contributed by atoms with Crippen LogP contribution in [0.3, 0.4) is 0 Å². The van der Waals surface area contributed by atoms with E-state index in [-0.39, 0.29) is 5.52 Å². The van der Waals surface area contributed by atoms with Gasteiger partial charge in [0.1, 0.15) is 5.82 Å². The number of hydrogen-bond donors (Lipinski definition) is 2. The van der Waals surface area contributed by atoms with Gasteiger partial charge in [0.15, 0.2) is 0 Å². The highest BCUT2D eigenvalue weighted by Crippen LogP contribution is 2.18. The van der Waals surface area contributed by atoms with Crippen LogP contribution in [0.2, 0.25) is 0 Å². The van der Waals surface area contributed by atoms with Crippen LogP contribution >= 0.6 is 0 Å². The number of fused-ring (bicyclic) bond motifs is 1. The van der Waals surface area contributed by atoms with Crippen LogP contribution in [0.15, 0.2) is 47.3 Å². The van der Waals surface area contributed by atoms with E-state index in [1.54, 1.807) is 6.07 Å². The second-order valence-corrected chi connectivity index (χ2v) is 6.67. The lowest BCUT2D eigenvalue weighted by Crippen LogP contribution is -2.26. The largest absolute Gasteiger partial charge is 0.399 e. The van der Waals surface area contributed by atoms with Crippen molar-refractivity contribution in [2.75, 3.05) is 5.73 Å². The number of imidazole rings is 1. The number of H-pyrrole nitrogens is 1. The van der Waals surface area contributed by atoms with Gasteiger partial charge in [0.2, 0.25) is 10.0 Å². The minimum Gasteiger partial charge on any atom is -0.399 e. The zero-order chi connectivity index (χ0) is 15.9. The number of aromatic amines is 1. The fourth-order valence-electron chi connectivity index (χ4n) is 2.23. The number of hydrogen-bond acceptors (Lipinski definition) is 4. The van der Waals surface area contributed by atoms with Crippen LogP contribution in [0.5, 0.6) is 0 Å². The summed E-state index contributed by atoms with van der Waals surface area (Å²) in [7, 11) is -3.96. The predicted octanol–water partition coefficient (Wildman–Crippen LogP) is 1.43. The minimum atomic E-state index is -3.96. The summed E-state index contributed by atoms with van der Waals surface area (Å²) in [6.45, 7) is 0. The first-order valence-electron chi connectivity index (χ1n) is 6.35. The molecule has 3 rings (SSSR count). The number of anilines is 1. The number of rotatable bonds is 3. The highest BCUT2D eigenvalue weighted by molar-refractivity contribution is 7.89. The number of nitrogens with two attached hydrogens (primary N) is 1. The number of benzene rings is 2. The molecule has 0 aliphatic rings. The van der Waals surface area contributed by atoms with Gasteiger partial charge in [-0.1, -0.05) is 12.1 Å². The number of aromatic nitrogens is 2. The van der Waals surface area contributed by atoms with E-state index < -0.39 is 27.3 Å². The minimum absolute atomic E-state index is 0.187. The quantitative estimate of drug-likeness (QED) is 0.713. The lowest BCUT2D eigenvalue weighted by atomic mass is 10.2. The van der Waals surface area contributed by atoms with E-state index in [1.165, 1.54) is 36.4 Å². The average Bonchev–Trinajstić information content (AvgIpc) is 2.77. The van der Waals surface area contributed by atoms with E-state index >= 15 is 0 Å². The van der Waals surface area contributed by atoms with E-state index in [4.69, 9.17) is 5.73 Å². The summed E-state index contributed by atoms with van der Waals surface area (Å²) >= 11 is 0. The molecule has 0 aliphatic heterocycles. The van der Waals surface area contributed by atoms with E-state index in [9.17, 15) is 17.6 Å². The first-order valence-corrected chi connectivity index (χ1v) is 7.96. The van der Waals surface area contributed by atoms with Crippen LogP contribution in [-0.2, 0) is 15.8 Å². The van der Waals surface area contributed by atoms with Crippen molar-refractivity contribution in [3.8, 4) is 0 Å². The molecule has 0 spiro atoms. The highest BCUT2D eigenvalue weighted by atomic mass is 32.2. The van der Waals surface area contributed by atoms with Gasteiger partial charge in [0.05, 0.1) is 16.8 Å². The number of nitrogens with one attached hydrogen (secondary N) is 1. The van der Waals surface area contributed by atoms with Crippen LogP contribution in [0.4, 0.5) is 10.1 Å². The van der Waals surface area contributed by atoms with Gasteiger partial charge in [-0.15, -0.1) is 0 Å². The molecule has 0 saturated carbocycles. The van der Waals surface area contributed by atoms with Crippen LogP contribution < -0.4 is 11.4 Å². The molecule has 0 bridgehead atoms. The zero-order valence-electron chi connectivity index (χ0n) is 11.3. The zero-order valence-corrected chi connectivity index (χ0v) is 12.1. The van der Waals surface area contributed by atoms with Crippen molar-refractivity contribution in [2.45, 2.75) is 5.75 Å². The number of nitrogen functional groups attached to an aromatic ring is 1. The Bertz CT molecular complexity index is 1000. The topological polar surface area (TPSA) is 97.9 Å². The fraction of sp³-hybridized carbons (Fsp3) is 0.0714. The van der Waals surface area contributed by atoms with Gasteiger partial charge in [0, 0.05) is 5.69 Å². The van der Waals surface area contributed by atoms with Gasteiger partial charge in [-0.2, -0.15) is 3.97 Å². The van der Waals surface area contributed by atoms with Crippen LogP contribution in [-0.4, -0.2) is 17.4 Å². The van der Waals surface area contributed by atoms with Gasteiger partial charge < -0.3 is 10.7 Å². The molecule has 0 radical (unpaired) electrons. The molecule has 0 saturated heterocycles. The molecule has 0 unspecified atom stereocenters. The second kappa shape index (κ2) is 4.99. The second-order valence-electron chi connectivity index (χ2n) is 4.85. The summed E-state index contributed by atoms with van der Waals surface area (Å²) in [5, 5.41) is 0. The molecule has 3 N–H and O–H groups in total. The smallest absolute Gasteiger partial charge is 0.340 e. The summed E-state index contributed by atoms with van der Waals surface area (Å²) in [4.78, 5) is 14.4. The monoisotopic (exact) mass is 321 g/mol. The Morgan fingerprint density at radius 3 is 2.50 bits per heavy atom. The first kappa shape index (κ1) is 14.3. The predicted molar refractivity (Wildman–Crippen MR) is 81.4 cm³/mol. The molecular formula is C14H12FN3O3S. The molecule has 0 fully saturated rings. The van der Waals surface area contributed by atoms with Crippen LogP contribution in [0, 0.1) is 5.82 Å². The summed E-state index contributed by atoms with van der Waals surface area (Å²) in [5.74, 6) is -0.882. The Labute approximate surface area is 125 Å². The van der Waals surface area contributed by atoms with Crippen molar-refractivity contribution in [1.82, 2.24) is 8.96 Å². The maximum absolute atomic E-state index is 12.9. The third-order valence-electron chi connectivity index (χ3n) is 3.21. The van der Waals surface area contributed by atoms with Gasteiger partial charge >= 0.3 is 5.69 Å². The van der Waals surface area contributed by atoms with Crippen molar-refractivity contribution in [3.63, 3.8) is 0 Å². The molecule has 0 aliphatic carbocycles. The summed E-state index contributed by atoms with van der Waals surface area (Å²) in [5.41, 5.74) is 6.18. The van der Waals surface area contributed by atoms with Crippen LogP contribution in [0.1, 0.15) is 5.56 Å². The Kier molecular flexibility index (Phi) is 3.25. The van der Waals surface area contributed by atoms with Gasteiger partial charge in [-0.25, -0.2) is 17.6 Å². The van der Waals surface area contributed by atoms with Crippen molar-refractivity contribution < 1.29 is 12.8 Å². The van der Waals surface area contributed by atoms with Gasteiger partial charge in [0.25, 0.3) is 0 Å². The van der Waals surface area contributed by atoms with Gasteiger partial charge in [-0.05, 0) is 35.9 Å². The summed E-state index contributed by atoms with van der Waals surface area (Å²) in [6, 6.07) is 9.57. The van der Waals surface area contributed by atoms with Crippen molar-refractivity contribution >= 4 is 26.7 Å². The van der Waals surface area contributed by atoms with Crippen molar-refractivity contribution in [2.24, 2.45) is 0 Å². The maximum Gasteiger partial charge on any atom is 0.340 e. The third kappa shape index (κ3) is 2.48. The molecule has 1 heterocycles. The Morgan fingerprint density at radius 2 is 1.82 bits per heavy atom. The number of halogens is 1. The molecule has 0 amide bonds. The highest BCUT2D eigenvalue weighted by Gasteiger charge is 2.21. The molecule has 0 atom stereocenters. The molecule has 22 heavy (non-hydrogen) atoms. The Balaban J connectivity index is 2.13. The van der Waals surface area contributed by atoms with E-state index in [0.717, 1.165) is 0 Å². The van der Waals surface area contributed by atoms with E-state index in [2.05, 4.69) is 4.98 Å². The first-order chi connectivity index (χ1) is 10.4. The standard InChI is InChI=1S/C14H12FN3O3S/c15-10-3-1-9(2-4-10)8-22(20,21)18-13-7-11(16)5-6-12(13)17-14(18)19/h1-7H,8,16H2,(H,17,19). The van der Waals surface area contributed by atoms with E-state index in [1.807, 2.05) is 0 Å². The van der Waals surface area contributed by atoms with Crippen molar-refractivity contribution in [3.05, 3.63) is 64.3 Å². The molecule has 3 aromatic rings. The number of nitrogens with zero attached hydrogens (tertiary/aromatic N) is 1. The average molecular weight is 321 g/mol. The maximum atomic E-state index is 12.9. The Morgan fingerprint density at radius 1 is 1.14 bits per heavy atom. The molecule has 8 heteroatoms. The summed E-state index contributed by atoms with van der Waals surface area (Å²) < 4.78 is 38.6. The molecule has 2 aromatic carbocycles. The third-order valence-corrected chi connectivity index (χ3v) is 4.82. The normalized spacial score (nSPS) is 11.9. The lowest BCUT2D eigenvalue weighted by molar-refractivity contribution is 0.586. The molecule has 6 nitrogen and oxygen atoms in total. The van der Waals surface area contributed by atoms with Gasteiger partial charge in [-0.3, -0.25) is 0 Å². The fourth-order valence-corrected chi connectivity index (χ4v) is 3.72. The van der Waals surface area contributed by atoms with Crippen LogP contribution in [0.25, 0.3) is 11.0 Å². The molecular weight excluding hydrogens is 309 g/mol. The van der Waals surface area contributed by atoms with E-state index in [0.29, 0.717) is 20.7 Å².